The van der Waals surface area contributed by atoms with Crippen molar-refractivity contribution in [1.29, 1.82) is 0 Å². The van der Waals surface area contributed by atoms with Crippen molar-refractivity contribution in [2.75, 3.05) is 6.54 Å². The summed E-state index contributed by atoms with van der Waals surface area (Å²) in [5.74, 6) is -0.0685. The van der Waals surface area contributed by atoms with Crippen molar-refractivity contribution in [1.82, 2.24) is 14.9 Å². The van der Waals surface area contributed by atoms with Crippen molar-refractivity contribution in [2.45, 2.75) is 39.3 Å². The van der Waals surface area contributed by atoms with Crippen LogP contribution in [0.25, 0.3) is 0 Å². The maximum Gasteiger partial charge on any atom is 0.304 e. The Balaban J connectivity index is 2.68. The Morgan fingerprint density at radius 2 is 1.94 bits per heavy atom. The van der Waals surface area contributed by atoms with Crippen LogP contribution in [0.5, 0.6) is 0 Å². The van der Waals surface area contributed by atoms with Crippen LogP contribution in [-0.4, -0.2) is 38.0 Å². The van der Waals surface area contributed by atoms with Crippen molar-refractivity contribution in [3.05, 3.63) is 24.3 Å². The molecule has 1 rings (SSSR count). The minimum atomic E-state index is -0.784. The summed E-state index contributed by atoms with van der Waals surface area (Å²) in [6.45, 7) is 7.22. The average molecular weight is 237 g/mol. The molecule has 1 aromatic rings. The quantitative estimate of drug-likeness (QED) is 0.841. The van der Waals surface area contributed by atoms with E-state index in [4.69, 9.17) is 5.11 Å². The van der Waals surface area contributed by atoms with Gasteiger partial charge in [-0.25, -0.2) is 9.97 Å². The molecule has 0 unspecified atom stereocenters. The number of aromatic nitrogens is 2. The molecule has 0 fully saturated rings. The summed E-state index contributed by atoms with van der Waals surface area (Å²) in [7, 11) is 0. The van der Waals surface area contributed by atoms with E-state index < -0.39 is 5.97 Å². The molecule has 1 aromatic heterocycles. The molecule has 5 heteroatoms. The molecule has 0 saturated carbocycles. The second-order valence-corrected chi connectivity index (χ2v) is 4.90. The molecule has 0 saturated heterocycles. The van der Waals surface area contributed by atoms with E-state index >= 15 is 0 Å². The first-order chi connectivity index (χ1) is 7.89. The largest absolute Gasteiger partial charge is 0.481 e. The van der Waals surface area contributed by atoms with Gasteiger partial charge >= 0.3 is 5.97 Å². The second-order valence-electron chi connectivity index (χ2n) is 4.90. The lowest BCUT2D eigenvalue weighted by Crippen LogP contribution is -2.42. The zero-order valence-corrected chi connectivity index (χ0v) is 10.6. The maximum atomic E-state index is 10.6. The van der Waals surface area contributed by atoms with Crippen LogP contribution in [0.4, 0.5) is 0 Å². The van der Waals surface area contributed by atoms with E-state index in [0.717, 1.165) is 0 Å². The van der Waals surface area contributed by atoms with E-state index in [2.05, 4.69) is 35.6 Å². The summed E-state index contributed by atoms with van der Waals surface area (Å²) in [5.41, 5.74) is -0.103. The molecular formula is C12H19N3O2. The smallest absolute Gasteiger partial charge is 0.304 e. The highest BCUT2D eigenvalue weighted by molar-refractivity contribution is 5.66. The Morgan fingerprint density at radius 3 is 2.41 bits per heavy atom. The predicted molar refractivity (Wildman–Crippen MR) is 64.4 cm³/mol. The van der Waals surface area contributed by atoms with Gasteiger partial charge in [-0.1, -0.05) is 0 Å². The minimum absolute atomic E-state index is 0.103. The zero-order chi connectivity index (χ0) is 12.9. The SMILES string of the molecule is CC(C)(C)N(CCC(=O)O)Cc1ncccn1. The van der Waals surface area contributed by atoms with Gasteiger partial charge in [-0.3, -0.25) is 9.69 Å². The van der Waals surface area contributed by atoms with Crippen LogP contribution >= 0.6 is 0 Å². The Bertz CT molecular complexity index is 360. The van der Waals surface area contributed by atoms with E-state index in [1.807, 2.05) is 0 Å². The van der Waals surface area contributed by atoms with Gasteiger partial charge in [0.2, 0.25) is 0 Å². The lowest BCUT2D eigenvalue weighted by molar-refractivity contribution is -0.137. The summed E-state index contributed by atoms with van der Waals surface area (Å²) >= 11 is 0. The highest BCUT2D eigenvalue weighted by Crippen LogP contribution is 2.15. The molecule has 0 aliphatic carbocycles. The number of rotatable bonds is 5. The standard InChI is InChI=1S/C12H19N3O2/c1-12(2,3)15(8-5-11(16)17)9-10-13-6-4-7-14-10/h4,6-7H,5,8-9H2,1-3H3,(H,16,17). The Morgan fingerprint density at radius 1 is 1.35 bits per heavy atom. The Kier molecular flexibility index (Phi) is 4.57. The van der Waals surface area contributed by atoms with Crippen LogP contribution in [-0.2, 0) is 11.3 Å². The third kappa shape index (κ3) is 4.91. The van der Waals surface area contributed by atoms with E-state index in [9.17, 15) is 4.79 Å². The fourth-order valence-corrected chi connectivity index (χ4v) is 1.46. The summed E-state index contributed by atoms with van der Waals surface area (Å²) in [6.07, 6.45) is 3.52. The van der Waals surface area contributed by atoms with Crippen molar-refractivity contribution in [2.24, 2.45) is 0 Å². The molecule has 0 amide bonds. The fraction of sp³-hybridized carbons (Fsp3) is 0.583. The number of nitrogens with zero attached hydrogens (tertiary/aromatic N) is 3. The molecule has 0 spiro atoms. The van der Waals surface area contributed by atoms with Crippen molar-refractivity contribution < 1.29 is 9.90 Å². The summed E-state index contributed by atoms with van der Waals surface area (Å²) < 4.78 is 0. The maximum absolute atomic E-state index is 10.6. The van der Waals surface area contributed by atoms with Crippen LogP contribution < -0.4 is 0 Å². The molecule has 0 bridgehead atoms. The molecule has 1 heterocycles. The Labute approximate surface area is 102 Å². The zero-order valence-electron chi connectivity index (χ0n) is 10.6. The fourth-order valence-electron chi connectivity index (χ4n) is 1.46. The molecule has 5 nitrogen and oxygen atoms in total. The van der Waals surface area contributed by atoms with Gasteiger partial charge in [0.1, 0.15) is 5.82 Å². The van der Waals surface area contributed by atoms with Crippen LogP contribution in [0.1, 0.15) is 33.0 Å². The highest BCUT2D eigenvalue weighted by Gasteiger charge is 2.22. The predicted octanol–water partition coefficient (Wildman–Crippen LogP) is 1.55. The van der Waals surface area contributed by atoms with E-state index in [-0.39, 0.29) is 12.0 Å². The molecule has 1 N–H and O–H groups in total. The van der Waals surface area contributed by atoms with Crippen LogP contribution in [0.3, 0.4) is 0 Å². The van der Waals surface area contributed by atoms with Gasteiger partial charge in [0.05, 0.1) is 13.0 Å². The van der Waals surface area contributed by atoms with Crippen LogP contribution in [0, 0.1) is 0 Å². The number of carboxylic acid groups (broad SMARTS) is 1. The number of carboxylic acids is 1. The minimum Gasteiger partial charge on any atom is -0.481 e. The third-order valence-corrected chi connectivity index (χ3v) is 2.50. The normalized spacial score (nSPS) is 11.8. The Hall–Kier alpha value is -1.49. The molecule has 94 valence electrons. The first-order valence-electron chi connectivity index (χ1n) is 5.62. The second kappa shape index (κ2) is 5.72. The molecule has 0 aliphatic heterocycles. The van der Waals surface area contributed by atoms with Gasteiger partial charge in [-0.15, -0.1) is 0 Å². The van der Waals surface area contributed by atoms with E-state index in [0.29, 0.717) is 18.9 Å². The van der Waals surface area contributed by atoms with Crippen molar-refractivity contribution in [3.63, 3.8) is 0 Å². The number of hydrogen-bond acceptors (Lipinski definition) is 4. The first kappa shape index (κ1) is 13.6. The number of aliphatic carboxylic acids is 1. The lowest BCUT2D eigenvalue weighted by atomic mass is 10.1. The van der Waals surface area contributed by atoms with E-state index in [1.165, 1.54) is 0 Å². The summed E-state index contributed by atoms with van der Waals surface area (Å²) in [5, 5.41) is 8.74. The lowest BCUT2D eigenvalue weighted by Gasteiger charge is -2.34. The van der Waals surface area contributed by atoms with Crippen molar-refractivity contribution >= 4 is 5.97 Å². The van der Waals surface area contributed by atoms with Crippen molar-refractivity contribution in [3.8, 4) is 0 Å². The van der Waals surface area contributed by atoms with Crippen LogP contribution in [0.2, 0.25) is 0 Å². The van der Waals surface area contributed by atoms with Gasteiger partial charge in [0.15, 0.2) is 0 Å². The molecule has 0 aromatic carbocycles. The molecule has 0 aliphatic rings. The van der Waals surface area contributed by atoms with E-state index in [1.54, 1.807) is 18.5 Å². The molecular weight excluding hydrogens is 218 g/mol. The van der Waals surface area contributed by atoms with Gasteiger partial charge in [-0.05, 0) is 26.8 Å². The summed E-state index contributed by atoms with van der Waals surface area (Å²) in [6, 6.07) is 1.77. The average Bonchev–Trinajstić information content (AvgIpc) is 2.23. The monoisotopic (exact) mass is 237 g/mol. The molecule has 0 radical (unpaired) electrons. The number of hydrogen-bond donors (Lipinski definition) is 1. The first-order valence-corrected chi connectivity index (χ1v) is 5.62. The van der Waals surface area contributed by atoms with Gasteiger partial charge in [0.25, 0.3) is 0 Å². The van der Waals surface area contributed by atoms with Gasteiger partial charge < -0.3 is 5.11 Å². The van der Waals surface area contributed by atoms with Crippen LogP contribution in [0.15, 0.2) is 18.5 Å². The van der Waals surface area contributed by atoms with Gasteiger partial charge in [0, 0.05) is 24.5 Å². The van der Waals surface area contributed by atoms with Gasteiger partial charge in [-0.2, -0.15) is 0 Å². The highest BCUT2D eigenvalue weighted by atomic mass is 16.4. The third-order valence-electron chi connectivity index (χ3n) is 2.50. The summed E-state index contributed by atoms with van der Waals surface area (Å²) in [4.78, 5) is 21.0. The molecule has 0 atom stereocenters. The topological polar surface area (TPSA) is 66.3 Å². The molecule has 17 heavy (non-hydrogen) atoms. The number of carbonyl (C=O) groups is 1.